The molecule has 2 bridgehead atoms. The molecule has 1 saturated carbocycles. The van der Waals surface area contributed by atoms with Crippen LogP contribution in [0.15, 0.2) is 6.33 Å². The van der Waals surface area contributed by atoms with Crippen LogP contribution < -0.4 is 5.32 Å². The van der Waals surface area contributed by atoms with Crippen LogP contribution in [0.1, 0.15) is 31.5 Å². The molecule has 2 unspecified atom stereocenters. The molecule has 1 aromatic rings. The largest absolute Gasteiger partial charge is 0.490 e. The van der Waals surface area contributed by atoms with Crippen LogP contribution in [-0.4, -0.2) is 38.1 Å². The number of nitrogens with one attached hydrogen (secondary N) is 1. The van der Waals surface area contributed by atoms with Gasteiger partial charge in [0.15, 0.2) is 0 Å². The third kappa shape index (κ3) is 2.77. The molecule has 2 N–H and O–H groups in total. The lowest BCUT2D eigenvalue weighted by Crippen LogP contribution is -2.64. The van der Waals surface area contributed by atoms with E-state index in [-0.39, 0.29) is 5.54 Å². The Bertz CT molecular complexity index is 489. The van der Waals surface area contributed by atoms with Gasteiger partial charge in [-0.2, -0.15) is 18.3 Å². The summed E-state index contributed by atoms with van der Waals surface area (Å²) in [4.78, 5) is 13.2. The number of rotatable bonds is 1. The number of piperidine rings is 1. The van der Waals surface area contributed by atoms with Gasteiger partial charge in [0.25, 0.3) is 0 Å². The molecule has 3 heterocycles. The fourth-order valence-corrected chi connectivity index (χ4v) is 2.79. The molecule has 1 aliphatic carbocycles. The number of carboxylic acid groups (broad SMARTS) is 1. The fourth-order valence-electron chi connectivity index (χ4n) is 2.79. The van der Waals surface area contributed by atoms with Gasteiger partial charge in [0, 0.05) is 13.1 Å². The van der Waals surface area contributed by atoms with Crippen LogP contribution in [0.25, 0.3) is 0 Å². The van der Waals surface area contributed by atoms with Crippen molar-refractivity contribution in [2.45, 2.75) is 43.4 Å². The average molecular weight is 292 g/mol. The molecule has 3 aliphatic rings. The summed E-state index contributed by atoms with van der Waals surface area (Å²) in [6, 6.07) is 0.741. The second kappa shape index (κ2) is 5.04. The number of carbonyl (C=O) groups is 1. The number of aliphatic carboxylic acids is 1. The Balaban J connectivity index is 0.000000182. The zero-order chi connectivity index (χ0) is 15.0. The van der Waals surface area contributed by atoms with Crippen molar-refractivity contribution in [1.29, 1.82) is 0 Å². The molecule has 0 amide bonds. The van der Waals surface area contributed by atoms with E-state index in [1.807, 2.05) is 11.7 Å². The number of halogens is 3. The second-order valence-electron chi connectivity index (χ2n) is 5.03. The number of hydrogen-bond donors (Lipinski definition) is 2. The highest BCUT2D eigenvalue weighted by molar-refractivity contribution is 5.73. The summed E-state index contributed by atoms with van der Waals surface area (Å²) in [6.45, 7) is 0. The predicted molar refractivity (Wildman–Crippen MR) is 61.8 cm³/mol. The first-order valence-electron chi connectivity index (χ1n) is 6.17. The maximum Gasteiger partial charge on any atom is 0.490 e. The molecule has 3 fully saturated rings. The molecule has 2 aliphatic heterocycles. The molecule has 9 heteroatoms. The molecule has 20 heavy (non-hydrogen) atoms. The zero-order valence-corrected chi connectivity index (χ0v) is 10.8. The van der Waals surface area contributed by atoms with Gasteiger partial charge >= 0.3 is 12.1 Å². The number of hydrogen-bond acceptors (Lipinski definition) is 4. The van der Waals surface area contributed by atoms with Crippen molar-refractivity contribution in [3.8, 4) is 0 Å². The Hall–Kier alpha value is -1.64. The van der Waals surface area contributed by atoms with E-state index in [1.54, 1.807) is 6.33 Å². The number of carboxylic acids is 1. The van der Waals surface area contributed by atoms with E-state index < -0.39 is 12.1 Å². The molecule has 1 aromatic heterocycles. The molecular formula is C11H15F3N4O2. The summed E-state index contributed by atoms with van der Waals surface area (Å²) in [6.07, 6.45) is 1.69. The lowest BCUT2D eigenvalue weighted by atomic mass is 9.70. The van der Waals surface area contributed by atoms with Crippen LogP contribution in [0.5, 0.6) is 0 Å². The third-order valence-corrected chi connectivity index (χ3v) is 3.61. The first-order valence-corrected chi connectivity index (χ1v) is 6.17. The molecule has 0 spiro atoms. The molecule has 2 atom stereocenters. The molecule has 0 radical (unpaired) electrons. The summed E-state index contributed by atoms with van der Waals surface area (Å²) in [5.74, 6) is -1.64. The standard InChI is InChI=1S/C9H14N4.C2HF3O2/c1-13-8(10-6-11-13)9-4-2-3-7(5-9)12-9;3-2(4,5)1(6)7/h6-7,12H,2-5H2,1H3;(H,6,7). The SMILES string of the molecule is Cn1ncnc1C12CCCC(C1)N2.O=C(O)C(F)(F)F. The summed E-state index contributed by atoms with van der Waals surface area (Å²) in [5, 5.41) is 14.9. The van der Waals surface area contributed by atoms with E-state index in [1.165, 1.54) is 25.7 Å². The third-order valence-electron chi connectivity index (χ3n) is 3.61. The van der Waals surface area contributed by atoms with Crippen molar-refractivity contribution in [3.05, 3.63) is 12.2 Å². The molecular weight excluding hydrogens is 277 g/mol. The highest BCUT2D eigenvalue weighted by atomic mass is 19.4. The summed E-state index contributed by atoms with van der Waals surface area (Å²) in [7, 11) is 1.97. The van der Waals surface area contributed by atoms with Gasteiger partial charge in [-0.25, -0.2) is 9.78 Å². The van der Waals surface area contributed by atoms with Gasteiger partial charge in [0.05, 0.1) is 5.54 Å². The predicted octanol–water partition coefficient (Wildman–Crippen LogP) is 1.19. The Kier molecular flexibility index (Phi) is 3.72. The van der Waals surface area contributed by atoms with Crippen molar-refractivity contribution in [1.82, 2.24) is 20.1 Å². The van der Waals surface area contributed by atoms with Gasteiger partial charge in [-0.15, -0.1) is 0 Å². The van der Waals surface area contributed by atoms with Crippen LogP contribution >= 0.6 is 0 Å². The highest BCUT2D eigenvalue weighted by Gasteiger charge is 2.50. The van der Waals surface area contributed by atoms with Gasteiger partial charge < -0.3 is 10.4 Å². The highest BCUT2D eigenvalue weighted by Crippen LogP contribution is 2.44. The summed E-state index contributed by atoms with van der Waals surface area (Å²) in [5.41, 5.74) is 0.175. The van der Waals surface area contributed by atoms with Crippen LogP contribution in [0.3, 0.4) is 0 Å². The van der Waals surface area contributed by atoms with Crippen molar-refractivity contribution < 1.29 is 23.1 Å². The lowest BCUT2D eigenvalue weighted by Gasteiger charge is -2.52. The van der Waals surface area contributed by atoms with Crippen LogP contribution in [-0.2, 0) is 17.4 Å². The fraction of sp³-hybridized carbons (Fsp3) is 0.727. The van der Waals surface area contributed by atoms with Gasteiger partial charge in [0.2, 0.25) is 0 Å². The lowest BCUT2D eigenvalue weighted by molar-refractivity contribution is -0.192. The van der Waals surface area contributed by atoms with Gasteiger partial charge in [-0.05, 0) is 25.7 Å². The van der Waals surface area contributed by atoms with E-state index in [0.29, 0.717) is 0 Å². The first kappa shape index (κ1) is 14.8. The number of aryl methyl sites for hydroxylation is 1. The molecule has 6 nitrogen and oxygen atoms in total. The number of alkyl halides is 3. The maximum atomic E-state index is 10.6. The van der Waals surface area contributed by atoms with Crippen molar-refractivity contribution >= 4 is 5.97 Å². The van der Waals surface area contributed by atoms with Gasteiger partial charge in [0.1, 0.15) is 12.2 Å². The number of aromatic nitrogens is 3. The van der Waals surface area contributed by atoms with E-state index >= 15 is 0 Å². The topological polar surface area (TPSA) is 80.0 Å². The first-order chi connectivity index (χ1) is 9.24. The summed E-state index contributed by atoms with van der Waals surface area (Å²) < 4.78 is 33.6. The quantitative estimate of drug-likeness (QED) is 0.812. The van der Waals surface area contributed by atoms with Crippen LogP contribution in [0, 0.1) is 0 Å². The molecule has 0 aromatic carbocycles. The smallest absolute Gasteiger partial charge is 0.475 e. The number of nitrogens with zero attached hydrogens (tertiary/aromatic N) is 3. The van der Waals surface area contributed by atoms with E-state index in [2.05, 4.69) is 15.4 Å². The van der Waals surface area contributed by atoms with Crippen LogP contribution in [0.2, 0.25) is 0 Å². The molecule has 112 valence electrons. The monoisotopic (exact) mass is 292 g/mol. The second-order valence-corrected chi connectivity index (χ2v) is 5.03. The Morgan fingerprint density at radius 1 is 1.60 bits per heavy atom. The Morgan fingerprint density at radius 3 is 2.55 bits per heavy atom. The van der Waals surface area contributed by atoms with Crippen molar-refractivity contribution in [2.75, 3.05) is 0 Å². The summed E-state index contributed by atoms with van der Waals surface area (Å²) >= 11 is 0. The van der Waals surface area contributed by atoms with E-state index in [9.17, 15) is 13.2 Å². The zero-order valence-electron chi connectivity index (χ0n) is 10.8. The maximum absolute atomic E-state index is 10.6. The minimum Gasteiger partial charge on any atom is -0.475 e. The Labute approximate surface area is 113 Å². The van der Waals surface area contributed by atoms with Gasteiger partial charge in [-0.3, -0.25) is 4.68 Å². The minimum atomic E-state index is -5.08. The van der Waals surface area contributed by atoms with Crippen molar-refractivity contribution in [3.63, 3.8) is 0 Å². The van der Waals surface area contributed by atoms with Crippen LogP contribution in [0.4, 0.5) is 13.2 Å². The number of fused-ring (bicyclic) bond motifs is 2. The van der Waals surface area contributed by atoms with E-state index in [4.69, 9.17) is 9.90 Å². The molecule has 4 rings (SSSR count). The normalized spacial score (nSPS) is 28.1. The Morgan fingerprint density at radius 2 is 2.20 bits per heavy atom. The minimum absolute atomic E-state index is 0.175. The van der Waals surface area contributed by atoms with Gasteiger partial charge in [-0.1, -0.05) is 0 Å². The molecule has 2 saturated heterocycles. The average Bonchev–Trinajstić information content (AvgIpc) is 2.75. The van der Waals surface area contributed by atoms with E-state index in [0.717, 1.165) is 11.9 Å². The van der Waals surface area contributed by atoms with Crippen molar-refractivity contribution in [2.24, 2.45) is 7.05 Å².